The van der Waals surface area contributed by atoms with Gasteiger partial charge in [0.05, 0.1) is 0 Å². The van der Waals surface area contributed by atoms with Crippen LogP contribution < -0.4 is 0 Å². The Bertz CT molecular complexity index is 1100. The summed E-state index contributed by atoms with van der Waals surface area (Å²) in [6, 6.07) is 0. The maximum Gasteiger partial charge on any atom is 0.306 e. The van der Waals surface area contributed by atoms with Crippen molar-refractivity contribution in [2.75, 3.05) is 0 Å². The highest BCUT2D eigenvalue weighted by atomic mass is 16.5. The zero-order valence-corrected chi connectivity index (χ0v) is 33.6. The molecule has 0 aliphatic heterocycles. The second kappa shape index (κ2) is 15.4. The number of allylic oxidation sites excluding steroid dienone is 2. The number of carbonyl (C=O) groups excluding carboxylic acids is 1. The number of carbonyl (C=O) groups is 1. The highest BCUT2D eigenvalue weighted by Crippen LogP contribution is 2.75. The van der Waals surface area contributed by atoms with Gasteiger partial charge in [-0.3, -0.25) is 4.79 Å². The van der Waals surface area contributed by atoms with Crippen LogP contribution in [-0.4, -0.2) is 12.1 Å². The fourth-order valence-electron chi connectivity index (χ4n) is 13.5. The average Bonchev–Trinajstić information content (AvgIpc) is 3.03. The van der Waals surface area contributed by atoms with Crippen molar-refractivity contribution in [2.45, 2.75) is 216 Å². The molecule has 48 heavy (non-hydrogen) atoms. The summed E-state index contributed by atoms with van der Waals surface area (Å²) < 4.78 is 6.42. The van der Waals surface area contributed by atoms with Crippen molar-refractivity contribution in [3.63, 3.8) is 0 Å². The maximum atomic E-state index is 13.2. The molecule has 0 radical (unpaired) electrons. The SMILES string of the molecule is CCCCCCCCCCCCCCCC(=O)O[C@H]1CC[C@]2(C)[C@H]3CC=C4[C@@H]5[C@@H](C)[C@H](C)CC[C@]5(C)CC[C@@]4(C)[C@]3(C)CC[C@H]2C1(C)C. The number of fused-ring (bicyclic) bond motifs is 7. The second-order valence-electron chi connectivity index (χ2n) is 20.1. The fraction of sp³-hybridized carbons (Fsp3) is 0.935. The Morgan fingerprint density at radius 2 is 1.31 bits per heavy atom. The minimum atomic E-state index is 0.0311. The van der Waals surface area contributed by atoms with E-state index in [4.69, 9.17) is 4.74 Å². The number of rotatable bonds is 15. The Kier molecular flexibility index (Phi) is 12.4. The zero-order chi connectivity index (χ0) is 34.8. The first kappa shape index (κ1) is 38.4. The van der Waals surface area contributed by atoms with Crippen molar-refractivity contribution in [1.29, 1.82) is 0 Å². The lowest BCUT2D eigenvalue weighted by atomic mass is 9.33. The van der Waals surface area contributed by atoms with E-state index >= 15 is 0 Å². The Morgan fingerprint density at radius 1 is 0.708 bits per heavy atom. The first-order chi connectivity index (χ1) is 22.7. The third kappa shape index (κ3) is 7.14. The van der Waals surface area contributed by atoms with Gasteiger partial charge in [0.2, 0.25) is 0 Å². The van der Waals surface area contributed by atoms with Crippen molar-refractivity contribution in [3.8, 4) is 0 Å². The molecule has 0 saturated heterocycles. The van der Waals surface area contributed by atoms with Crippen LogP contribution in [0.4, 0.5) is 0 Å². The lowest BCUT2D eigenvalue weighted by Crippen LogP contribution is -2.65. The number of hydrogen-bond donors (Lipinski definition) is 0. The Labute approximate surface area is 299 Å². The van der Waals surface area contributed by atoms with Crippen molar-refractivity contribution >= 4 is 5.97 Å². The van der Waals surface area contributed by atoms with Crippen LogP contribution >= 0.6 is 0 Å². The molecule has 0 bridgehead atoms. The molecule has 5 rings (SSSR count). The number of ether oxygens (including phenoxy) is 1. The molecule has 4 fully saturated rings. The van der Waals surface area contributed by atoms with Gasteiger partial charge in [-0.2, -0.15) is 0 Å². The van der Waals surface area contributed by atoms with Crippen LogP contribution in [-0.2, 0) is 9.53 Å². The molecule has 0 heterocycles. The highest BCUT2D eigenvalue weighted by Gasteiger charge is 2.68. The van der Waals surface area contributed by atoms with E-state index in [-0.39, 0.29) is 17.5 Å². The molecule has 0 spiro atoms. The maximum absolute atomic E-state index is 13.2. The molecular weight excluding hydrogens is 585 g/mol. The minimum absolute atomic E-state index is 0.0311. The number of hydrogen-bond acceptors (Lipinski definition) is 2. The molecule has 0 aromatic carbocycles. The average molecular weight is 665 g/mol. The molecular formula is C46H80O2. The van der Waals surface area contributed by atoms with Crippen molar-refractivity contribution in [1.82, 2.24) is 0 Å². The van der Waals surface area contributed by atoms with Gasteiger partial charge in [0.15, 0.2) is 0 Å². The van der Waals surface area contributed by atoms with Crippen molar-refractivity contribution in [2.24, 2.45) is 56.7 Å². The fourth-order valence-corrected chi connectivity index (χ4v) is 13.5. The van der Waals surface area contributed by atoms with E-state index < -0.39 is 0 Å². The summed E-state index contributed by atoms with van der Waals surface area (Å²) in [5.74, 6) is 3.81. The minimum Gasteiger partial charge on any atom is -0.462 e. The van der Waals surface area contributed by atoms with E-state index in [0.29, 0.717) is 34.0 Å². The van der Waals surface area contributed by atoms with Crippen LogP contribution in [0.15, 0.2) is 11.6 Å². The van der Waals surface area contributed by atoms with Crippen molar-refractivity contribution in [3.05, 3.63) is 11.6 Å². The van der Waals surface area contributed by atoms with Crippen LogP contribution in [0.5, 0.6) is 0 Å². The molecule has 0 amide bonds. The largest absolute Gasteiger partial charge is 0.462 e. The third-order valence-electron chi connectivity index (χ3n) is 17.1. The van der Waals surface area contributed by atoms with Gasteiger partial charge >= 0.3 is 5.97 Å². The summed E-state index contributed by atoms with van der Waals surface area (Å²) >= 11 is 0. The third-order valence-corrected chi connectivity index (χ3v) is 17.1. The van der Waals surface area contributed by atoms with Crippen LogP contribution in [0.2, 0.25) is 0 Å². The zero-order valence-electron chi connectivity index (χ0n) is 33.6. The molecule has 0 aromatic rings. The van der Waals surface area contributed by atoms with Crippen LogP contribution in [0.1, 0.15) is 210 Å². The predicted molar refractivity (Wildman–Crippen MR) is 205 cm³/mol. The van der Waals surface area contributed by atoms with Gasteiger partial charge < -0.3 is 4.74 Å². The van der Waals surface area contributed by atoms with Gasteiger partial charge in [0, 0.05) is 11.8 Å². The molecule has 2 nitrogen and oxygen atoms in total. The topological polar surface area (TPSA) is 26.3 Å². The van der Waals surface area contributed by atoms with Gasteiger partial charge in [-0.15, -0.1) is 0 Å². The first-order valence-electron chi connectivity index (χ1n) is 21.6. The van der Waals surface area contributed by atoms with Gasteiger partial charge in [-0.1, -0.05) is 151 Å². The van der Waals surface area contributed by atoms with Crippen LogP contribution in [0, 0.1) is 56.7 Å². The van der Waals surface area contributed by atoms with E-state index in [2.05, 4.69) is 68.4 Å². The quantitative estimate of drug-likeness (QED) is 0.0989. The van der Waals surface area contributed by atoms with Crippen LogP contribution in [0.3, 0.4) is 0 Å². The second-order valence-corrected chi connectivity index (χ2v) is 20.1. The van der Waals surface area contributed by atoms with Gasteiger partial charge in [0.1, 0.15) is 6.10 Å². The van der Waals surface area contributed by atoms with Gasteiger partial charge in [-0.05, 0) is 115 Å². The summed E-state index contributed by atoms with van der Waals surface area (Å²) in [4.78, 5) is 13.2. The van der Waals surface area contributed by atoms with Crippen molar-refractivity contribution < 1.29 is 9.53 Å². The highest BCUT2D eigenvalue weighted by molar-refractivity contribution is 5.69. The van der Waals surface area contributed by atoms with E-state index in [1.807, 2.05) is 5.57 Å². The molecule has 0 unspecified atom stereocenters. The smallest absolute Gasteiger partial charge is 0.306 e. The number of unbranched alkanes of at least 4 members (excludes halogenated alkanes) is 12. The molecule has 5 aliphatic carbocycles. The van der Waals surface area contributed by atoms with Gasteiger partial charge in [-0.25, -0.2) is 0 Å². The lowest BCUT2D eigenvalue weighted by Gasteiger charge is -2.71. The summed E-state index contributed by atoms with van der Waals surface area (Å²) in [5, 5.41) is 0. The molecule has 4 saturated carbocycles. The molecule has 10 atom stereocenters. The van der Waals surface area contributed by atoms with E-state index in [9.17, 15) is 4.79 Å². The summed E-state index contributed by atoms with van der Waals surface area (Å²) in [7, 11) is 0. The standard InChI is InChI=1S/C46H80O2/c1-10-11-12-13-14-15-16-17-18-19-20-21-22-23-40(47)48-39-28-30-44(7)37(42(39,4)5)27-31-46(9)38(44)25-24-36-41-35(3)34(2)26-29-43(41,6)32-33-45(36,46)8/h24,34-35,37-39,41H,10-23,25-33H2,1-9H3/t34-,35+,37+,38-,39+,41+,43-,44+,45-,46-/m1/s1. The molecule has 0 N–H and O–H groups in total. The molecule has 276 valence electrons. The monoisotopic (exact) mass is 665 g/mol. The Balaban J connectivity index is 1.12. The van der Waals surface area contributed by atoms with E-state index in [1.165, 1.54) is 128 Å². The molecule has 2 heteroatoms. The summed E-state index contributed by atoms with van der Waals surface area (Å²) in [6.07, 6.45) is 32.7. The van der Waals surface area contributed by atoms with E-state index in [1.54, 1.807) is 0 Å². The Hall–Kier alpha value is -0.790. The first-order valence-corrected chi connectivity index (χ1v) is 21.6. The van der Waals surface area contributed by atoms with Crippen LogP contribution in [0.25, 0.3) is 0 Å². The molecule has 5 aliphatic rings. The number of esters is 1. The van der Waals surface area contributed by atoms with Gasteiger partial charge in [0.25, 0.3) is 0 Å². The van der Waals surface area contributed by atoms with E-state index in [0.717, 1.165) is 36.5 Å². The summed E-state index contributed by atoms with van der Waals surface area (Å²) in [5.41, 5.74) is 3.40. The molecule has 0 aromatic heterocycles. The Morgan fingerprint density at radius 3 is 1.94 bits per heavy atom. The normalized spacial score (nSPS) is 41.7. The lowest BCUT2D eigenvalue weighted by molar-refractivity contribution is -0.213. The summed E-state index contributed by atoms with van der Waals surface area (Å²) in [6.45, 7) is 23.1. The predicted octanol–water partition coefficient (Wildman–Crippen LogP) is 14.1.